The molecule has 0 radical (unpaired) electrons. The summed E-state index contributed by atoms with van der Waals surface area (Å²) in [5.41, 5.74) is 1.47. The summed E-state index contributed by atoms with van der Waals surface area (Å²) in [4.78, 5) is 27.7. The lowest BCUT2D eigenvalue weighted by Crippen LogP contribution is -2.25. The standard InChI is InChI=1S/C16H28N2O.C5H10O2/c19-16-11-8-14-18(16)13-7-2-1-6-12-17-15-9-4-3-5-10-15;1-3-5(2)7-4-6/h1-14H2;4-5H,3H2,1-2H3. The lowest BCUT2D eigenvalue weighted by atomic mass is 9.98. The van der Waals surface area contributed by atoms with Gasteiger partial charge in [0.25, 0.3) is 6.47 Å². The minimum atomic E-state index is 0.0810. The van der Waals surface area contributed by atoms with Crippen LogP contribution in [0.5, 0.6) is 0 Å². The van der Waals surface area contributed by atoms with Crippen molar-refractivity contribution in [2.24, 2.45) is 4.99 Å². The zero-order valence-corrected chi connectivity index (χ0v) is 16.9. The van der Waals surface area contributed by atoms with Crippen LogP contribution in [0, 0.1) is 0 Å². The highest BCUT2D eigenvalue weighted by atomic mass is 16.5. The van der Waals surface area contributed by atoms with Gasteiger partial charge in [0.05, 0.1) is 6.10 Å². The van der Waals surface area contributed by atoms with Crippen LogP contribution in [0.1, 0.15) is 90.9 Å². The number of aliphatic imine (C=N–C) groups is 1. The van der Waals surface area contributed by atoms with Crippen molar-refractivity contribution in [3.05, 3.63) is 0 Å². The highest BCUT2D eigenvalue weighted by Gasteiger charge is 2.18. The fraction of sp³-hybridized carbons (Fsp3) is 0.857. The molecule has 2 rings (SSSR count). The summed E-state index contributed by atoms with van der Waals surface area (Å²) in [5.74, 6) is 0.365. The normalized spacial score (nSPS) is 18.2. The van der Waals surface area contributed by atoms with Gasteiger partial charge >= 0.3 is 0 Å². The van der Waals surface area contributed by atoms with E-state index in [0.717, 1.165) is 38.9 Å². The van der Waals surface area contributed by atoms with Crippen molar-refractivity contribution in [1.29, 1.82) is 0 Å². The molecule has 1 amide bonds. The Bertz CT molecular complexity index is 415. The first-order chi connectivity index (χ1) is 12.7. The molecule has 1 atom stereocenters. The van der Waals surface area contributed by atoms with Crippen LogP contribution in [0.3, 0.4) is 0 Å². The number of amides is 1. The minimum absolute atomic E-state index is 0.0810. The highest BCUT2D eigenvalue weighted by Crippen LogP contribution is 2.15. The third kappa shape index (κ3) is 10.6. The van der Waals surface area contributed by atoms with Crippen molar-refractivity contribution in [2.75, 3.05) is 19.6 Å². The number of hydrogen-bond acceptors (Lipinski definition) is 4. The van der Waals surface area contributed by atoms with Crippen LogP contribution in [-0.4, -0.2) is 48.7 Å². The summed E-state index contributed by atoms with van der Waals surface area (Å²) in [7, 11) is 0. The molecule has 1 aliphatic heterocycles. The SMILES string of the molecule is CCC(C)OC=O.O=C1CCCN1CCCCCCN=C1CCCCC1. The van der Waals surface area contributed by atoms with Crippen LogP contribution in [0.4, 0.5) is 0 Å². The maximum absolute atomic E-state index is 11.4. The lowest BCUT2D eigenvalue weighted by Gasteiger charge is -2.14. The fourth-order valence-electron chi connectivity index (χ4n) is 3.25. The molecule has 1 heterocycles. The van der Waals surface area contributed by atoms with Crippen LogP contribution >= 0.6 is 0 Å². The molecule has 1 aliphatic carbocycles. The second kappa shape index (κ2) is 14.7. The average Bonchev–Trinajstić information content (AvgIpc) is 3.07. The number of carbonyl (C=O) groups is 2. The zero-order chi connectivity index (χ0) is 19.0. The van der Waals surface area contributed by atoms with Crippen LogP contribution in [0.2, 0.25) is 0 Å². The van der Waals surface area contributed by atoms with Crippen molar-refractivity contribution >= 4 is 18.1 Å². The summed E-state index contributed by atoms with van der Waals surface area (Å²) in [6, 6.07) is 0. The smallest absolute Gasteiger partial charge is 0.293 e. The Labute approximate surface area is 159 Å². The average molecular weight is 367 g/mol. The Kier molecular flexibility index (Phi) is 12.8. The minimum Gasteiger partial charge on any atom is -0.465 e. The number of carbonyl (C=O) groups excluding carboxylic acids is 2. The van der Waals surface area contributed by atoms with Gasteiger partial charge in [-0.25, -0.2) is 0 Å². The molecule has 150 valence electrons. The molecule has 1 unspecified atom stereocenters. The summed E-state index contributed by atoms with van der Waals surface area (Å²) >= 11 is 0. The van der Waals surface area contributed by atoms with Crippen molar-refractivity contribution in [3.63, 3.8) is 0 Å². The van der Waals surface area contributed by atoms with Gasteiger partial charge in [0.15, 0.2) is 0 Å². The van der Waals surface area contributed by atoms with E-state index in [9.17, 15) is 9.59 Å². The van der Waals surface area contributed by atoms with E-state index < -0.39 is 0 Å². The third-order valence-electron chi connectivity index (χ3n) is 5.14. The Morgan fingerprint density at radius 1 is 1.08 bits per heavy atom. The number of rotatable bonds is 10. The summed E-state index contributed by atoms with van der Waals surface area (Å²) in [5, 5.41) is 0. The molecule has 0 spiro atoms. The molecule has 5 heteroatoms. The lowest BCUT2D eigenvalue weighted by molar-refractivity contribution is -0.132. The molecular weight excluding hydrogens is 328 g/mol. The first kappa shape index (κ1) is 22.7. The van der Waals surface area contributed by atoms with Gasteiger partial charge in [-0.1, -0.05) is 26.2 Å². The van der Waals surface area contributed by atoms with Gasteiger partial charge in [-0.2, -0.15) is 0 Å². The molecule has 2 aliphatic rings. The van der Waals surface area contributed by atoms with E-state index in [0.29, 0.717) is 12.4 Å². The van der Waals surface area contributed by atoms with Gasteiger partial charge in [-0.05, 0) is 58.3 Å². The molecule has 0 aromatic heterocycles. The first-order valence-corrected chi connectivity index (χ1v) is 10.6. The number of ether oxygens (including phenoxy) is 1. The van der Waals surface area contributed by atoms with Gasteiger partial charge in [0.1, 0.15) is 0 Å². The van der Waals surface area contributed by atoms with E-state index in [-0.39, 0.29) is 6.10 Å². The van der Waals surface area contributed by atoms with Crippen LogP contribution in [-0.2, 0) is 14.3 Å². The van der Waals surface area contributed by atoms with E-state index in [1.54, 1.807) is 0 Å². The molecule has 0 N–H and O–H groups in total. The second-order valence-electron chi connectivity index (χ2n) is 7.36. The molecule has 2 fully saturated rings. The van der Waals surface area contributed by atoms with E-state index in [1.165, 1.54) is 63.5 Å². The number of nitrogens with zero attached hydrogens (tertiary/aromatic N) is 2. The van der Waals surface area contributed by atoms with Gasteiger partial charge in [0, 0.05) is 31.8 Å². The molecule has 1 saturated carbocycles. The molecule has 26 heavy (non-hydrogen) atoms. The number of likely N-dealkylation sites (tertiary alicyclic amines) is 1. The second-order valence-corrected chi connectivity index (χ2v) is 7.36. The number of hydrogen-bond donors (Lipinski definition) is 0. The zero-order valence-electron chi connectivity index (χ0n) is 16.9. The van der Waals surface area contributed by atoms with Crippen molar-refractivity contribution in [2.45, 2.75) is 97.0 Å². The van der Waals surface area contributed by atoms with Gasteiger partial charge < -0.3 is 9.64 Å². The Morgan fingerprint density at radius 2 is 1.81 bits per heavy atom. The monoisotopic (exact) mass is 366 g/mol. The first-order valence-electron chi connectivity index (χ1n) is 10.6. The van der Waals surface area contributed by atoms with Crippen molar-refractivity contribution in [3.8, 4) is 0 Å². The van der Waals surface area contributed by atoms with Crippen molar-refractivity contribution in [1.82, 2.24) is 4.90 Å². The van der Waals surface area contributed by atoms with Gasteiger partial charge in [0.2, 0.25) is 5.91 Å². The van der Waals surface area contributed by atoms with E-state index in [2.05, 4.69) is 4.74 Å². The quantitative estimate of drug-likeness (QED) is 0.421. The topological polar surface area (TPSA) is 59.0 Å². The molecule has 0 aromatic carbocycles. The van der Waals surface area contributed by atoms with E-state index in [4.69, 9.17) is 4.99 Å². The number of unbranched alkanes of at least 4 members (excludes halogenated alkanes) is 3. The molecule has 1 saturated heterocycles. The Hall–Kier alpha value is -1.39. The summed E-state index contributed by atoms with van der Waals surface area (Å²) in [6.45, 7) is 7.30. The molecule has 5 nitrogen and oxygen atoms in total. The van der Waals surface area contributed by atoms with Crippen LogP contribution in [0.25, 0.3) is 0 Å². The largest absolute Gasteiger partial charge is 0.465 e. The Morgan fingerprint density at radius 3 is 2.38 bits per heavy atom. The maximum Gasteiger partial charge on any atom is 0.293 e. The predicted octanol–water partition coefficient (Wildman–Crippen LogP) is 4.53. The van der Waals surface area contributed by atoms with E-state index in [1.807, 2.05) is 18.7 Å². The Balaban J connectivity index is 0.000000412. The van der Waals surface area contributed by atoms with Gasteiger partial charge in [-0.3, -0.25) is 14.6 Å². The molecular formula is C21H38N2O3. The highest BCUT2D eigenvalue weighted by molar-refractivity contribution is 5.84. The summed E-state index contributed by atoms with van der Waals surface area (Å²) in [6.07, 6.45) is 14.3. The van der Waals surface area contributed by atoms with Crippen molar-refractivity contribution < 1.29 is 14.3 Å². The van der Waals surface area contributed by atoms with Gasteiger partial charge in [-0.15, -0.1) is 0 Å². The third-order valence-corrected chi connectivity index (χ3v) is 5.14. The molecule has 0 aromatic rings. The summed E-state index contributed by atoms with van der Waals surface area (Å²) < 4.78 is 4.51. The van der Waals surface area contributed by atoms with E-state index >= 15 is 0 Å². The molecule has 0 bridgehead atoms. The predicted molar refractivity (Wildman–Crippen MR) is 107 cm³/mol. The van der Waals surface area contributed by atoms with Crippen LogP contribution in [0.15, 0.2) is 4.99 Å². The van der Waals surface area contributed by atoms with Crippen LogP contribution < -0.4 is 0 Å². The fourth-order valence-corrected chi connectivity index (χ4v) is 3.25. The maximum atomic E-state index is 11.4.